The zero-order chi connectivity index (χ0) is 19.5. The monoisotopic (exact) mass is 373 g/mol. The number of hydrogen-bond donors (Lipinski definition) is 1. The highest BCUT2D eigenvalue weighted by Crippen LogP contribution is 2.30. The van der Waals surface area contributed by atoms with Crippen LogP contribution >= 0.6 is 0 Å². The van der Waals surface area contributed by atoms with Gasteiger partial charge in [-0.1, -0.05) is 0 Å². The molecule has 0 saturated carbocycles. The second-order valence-electron chi connectivity index (χ2n) is 6.71. The molecule has 1 amide bonds. The number of nitrogens with zero attached hydrogens (tertiary/aromatic N) is 4. The average Bonchev–Trinajstić information content (AvgIpc) is 2.73. The fourth-order valence-electron chi connectivity index (χ4n) is 3.47. The zero-order valence-corrected chi connectivity index (χ0v) is 15.4. The Labute approximate surface area is 162 Å². The number of anilines is 2. The Kier molecular flexibility index (Phi) is 4.87. The Balaban J connectivity index is 1.62. The number of pyridine rings is 2. The molecule has 1 saturated heterocycles. The number of carbonyl (C=O) groups excluding carboxylic acids is 1. The number of benzene rings is 1. The van der Waals surface area contributed by atoms with E-state index in [2.05, 4.69) is 26.3 Å². The topological polar surface area (TPSA) is 91.1 Å². The van der Waals surface area contributed by atoms with E-state index in [0.29, 0.717) is 29.9 Å². The molecule has 3 aromatic rings. The molecule has 0 spiro atoms. The highest BCUT2D eigenvalue weighted by Gasteiger charge is 2.31. The Hall–Kier alpha value is -3.50. The van der Waals surface area contributed by atoms with Crippen LogP contribution in [0, 0.1) is 11.3 Å². The first kappa shape index (κ1) is 17.9. The molecule has 3 heterocycles. The minimum absolute atomic E-state index is 0.121. The molecule has 4 rings (SSSR count). The molecule has 0 radical (unpaired) electrons. The largest absolute Gasteiger partial charge is 0.365 e. The minimum Gasteiger partial charge on any atom is -0.365 e. The van der Waals surface area contributed by atoms with E-state index in [9.17, 15) is 10.1 Å². The van der Waals surface area contributed by atoms with Crippen LogP contribution in [0.4, 0.5) is 11.4 Å². The summed E-state index contributed by atoms with van der Waals surface area (Å²) in [5.74, 6) is -0.196. The normalized spacial score (nSPS) is 19.2. The molecule has 7 nitrogen and oxygen atoms in total. The van der Waals surface area contributed by atoms with Crippen molar-refractivity contribution < 1.29 is 9.53 Å². The summed E-state index contributed by atoms with van der Waals surface area (Å²) in [6.07, 6.45) is 4.20. The summed E-state index contributed by atoms with van der Waals surface area (Å²) in [5.41, 5.74) is 2.83. The molecule has 28 heavy (non-hydrogen) atoms. The van der Waals surface area contributed by atoms with Crippen molar-refractivity contribution in [2.45, 2.75) is 19.1 Å². The third kappa shape index (κ3) is 3.50. The first-order valence-electron chi connectivity index (χ1n) is 9.05. The van der Waals surface area contributed by atoms with Crippen LogP contribution in [-0.4, -0.2) is 41.2 Å². The van der Waals surface area contributed by atoms with Crippen LogP contribution in [0.3, 0.4) is 0 Å². The lowest BCUT2D eigenvalue weighted by atomic mass is 10.1. The maximum Gasteiger partial charge on any atom is 0.255 e. The summed E-state index contributed by atoms with van der Waals surface area (Å²) < 4.78 is 5.89. The summed E-state index contributed by atoms with van der Waals surface area (Å²) >= 11 is 0. The molecule has 2 atom stereocenters. The Morgan fingerprint density at radius 2 is 2.04 bits per heavy atom. The molecule has 7 heteroatoms. The molecular weight excluding hydrogens is 354 g/mol. The lowest BCUT2D eigenvalue weighted by Crippen LogP contribution is -2.51. The van der Waals surface area contributed by atoms with Gasteiger partial charge < -0.3 is 15.0 Å². The van der Waals surface area contributed by atoms with E-state index in [0.717, 1.165) is 11.1 Å². The average molecular weight is 373 g/mol. The van der Waals surface area contributed by atoms with Gasteiger partial charge in [-0.3, -0.25) is 14.8 Å². The van der Waals surface area contributed by atoms with Gasteiger partial charge >= 0.3 is 0 Å². The lowest BCUT2D eigenvalue weighted by Gasteiger charge is -2.38. The molecule has 0 aliphatic carbocycles. The second kappa shape index (κ2) is 7.62. The fraction of sp³-hybridized carbons (Fsp3) is 0.238. The highest BCUT2D eigenvalue weighted by atomic mass is 16.5. The summed E-state index contributed by atoms with van der Waals surface area (Å²) in [5, 5.41) is 13.1. The Bertz CT molecular complexity index is 1050. The van der Waals surface area contributed by atoms with Gasteiger partial charge in [0.1, 0.15) is 6.07 Å². The van der Waals surface area contributed by atoms with Crippen LogP contribution in [-0.2, 0) is 9.53 Å². The predicted octanol–water partition coefficient (Wildman–Crippen LogP) is 2.73. The van der Waals surface area contributed by atoms with Crippen molar-refractivity contribution in [1.82, 2.24) is 9.97 Å². The number of morpholine rings is 1. The van der Waals surface area contributed by atoms with Gasteiger partial charge in [-0.25, -0.2) is 0 Å². The number of nitrogens with one attached hydrogen (secondary N) is 1. The molecule has 140 valence electrons. The van der Waals surface area contributed by atoms with Gasteiger partial charge in [-0.2, -0.15) is 5.26 Å². The third-order valence-electron chi connectivity index (χ3n) is 4.71. The molecule has 1 aliphatic heterocycles. The number of amides is 1. The third-order valence-corrected chi connectivity index (χ3v) is 4.71. The molecule has 1 aromatic carbocycles. The molecule has 1 fully saturated rings. The van der Waals surface area contributed by atoms with Crippen molar-refractivity contribution in [3.63, 3.8) is 0 Å². The van der Waals surface area contributed by atoms with E-state index in [1.54, 1.807) is 36.8 Å². The van der Waals surface area contributed by atoms with Crippen molar-refractivity contribution in [3.8, 4) is 6.07 Å². The van der Waals surface area contributed by atoms with E-state index in [1.165, 1.54) is 0 Å². The van der Waals surface area contributed by atoms with E-state index in [1.807, 2.05) is 25.1 Å². The van der Waals surface area contributed by atoms with Crippen LogP contribution in [0.5, 0.6) is 0 Å². The lowest BCUT2D eigenvalue weighted by molar-refractivity contribution is -0.131. The van der Waals surface area contributed by atoms with Gasteiger partial charge in [0, 0.05) is 41.9 Å². The maximum atomic E-state index is 12.7. The summed E-state index contributed by atoms with van der Waals surface area (Å²) in [4.78, 5) is 23.2. The summed E-state index contributed by atoms with van der Waals surface area (Å²) in [6, 6.07) is 13.2. The Morgan fingerprint density at radius 1 is 1.21 bits per heavy atom. The van der Waals surface area contributed by atoms with Crippen LogP contribution in [0.2, 0.25) is 0 Å². The van der Waals surface area contributed by atoms with E-state index >= 15 is 0 Å². The van der Waals surface area contributed by atoms with Crippen molar-refractivity contribution >= 4 is 28.2 Å². The van der Waals surface area contributed by atoms with Crippen LogP contribution in [0.15, 0.2) is 55.0 Å². The molecule has 2 aromatic heterocycles. The molecule has 0 bridgehead atoms. The van der Waals surface area contributed by atoms with Crippen molar-refractivity contribution in [3.05, 3.63) is 60.6 Å². The van der Waals surface area contributed by atoms with Gasteiger partial charge in [0.15, 0.2) is 6.10 Å². The fourth-order valence-corrected chi connectivity index (χ4v) is 3.47. The van der Waals surface area contributed by atoms with E-state index < -0.39 is 6.10 Å². The van der Waals surface area contributed by atoms with Crippen LogP contribution in [0.1, 0.15) is 12.5 Å². The number of nitriles is 1. The quantitative estimate of drug-likeness (QED) is 0.759. The minimum atomic E-state index is -0.612. The smallest absolute Gasteiger partial charge is 0.255 e. The predicted molar refractivity (Wildman–Crippen MR) is 106 cm³/mol. The van der Waals surface area contributed by atoms with Crippen LogP contribution < -0.4 is 10.2 Å². The van der Waals surface area contributed by atoms with E-state index in [-0.39, 0.29) is 12.0 Å². The second-order valence-corrected chi connectivity index (χ2v) is 6.71. The number of aromatic nitrogens is 2. The number of carbonyl (C=O) groups is 1. The standard InChI is InChI=1S/C21H19N5O2/c1-14-12-26(13-19(28-14)21(27)25-16-6-9-23-10-7-16)18-5-4-15(11-22)20-17(18)3-2-8-24-20/h2-10,14,19H,12-13H2,1H3,(H,23,25,27)/t14-,19-/m1/s1. The number of hydrogen-bond acceptors (Lipinski definition) is 6. The molecule has 1 N–H and O–H groups in total. The highest BCUT2D eigenvalue weighted by molar-refractivity contribution is 5.97. The number of fused-ring (bicyclic) bond motifs is 1. The van der Waals surface area contributed by atoms with Gasteiger partial charge in [0.2, 0.25) is 0 Å². The van der Waals surface area contributed by atoms with Crippen molar-refractivity contribution in [2.24, 2.45) is 0 Å². The van der Waals surface area contributed by atoms with E-state index in [4.69, 9.17) is 4.74 Å². The van der Waals surface area contributed by atoms with Crippen molar-refractivity contribution in [1.29, 1.82) is 5.26 Å². The summed E-state index contributed by atoms with van der Waals surface area (Å²) in [6.45, 7) is 3.01. The SMILES string of the molecule is C[C@@H]1CN(c2ccc(C#N)c3ncccc23)C[C@H](C(=O)Nc2ccncc2)O1. The van der Waals surface area contributed by atoms with Gasteiger partial charge in [0.25, 0.3) is 5.91 Å². The molecule has 0 unspecified atom stereocenters. The first-order valence-corrected chi connectivity index (χ1v) is 9.05. The van der Waals surface area contributed by atoms with Gasteiger partial charge in [-0.05, 0) is 43.3 Å². The number of rotatable bonds is 3. The molecule has 1 aliphatic rings. The Morgan fingerprint density at radius 3 is 2.82 bits per heavy atom. The first-order chi connectivity index (χ1) is 13.7. The van der Waals surface area contributed by atoms with Gasteiger partial charge in [-0.15, -0.1) is 0 Å². The van der Waals surface area contributed by atoms with Crippen molar-refractivity contribution in [2.75, 3.05) is 23.3 Å². The maximum absolute atomic E-state index is 12.7. The zero-order valence-electron chi connectivity index (χ0n) is 15.4. The van der Waals surface area contributed by atoms with Gasteiger partial charge in [0.05, 0.1) is 23.7 Å². The molecular formula is C21H19N5O2. The number of ether oxygens (including phenoxy) is 1. The van der Waals surface area contributed by atoms with Crippen LogP contribution in [0.25, 0.3) is 10.9 Å². The summed E-state index contributed by atoms with van der Waals surface area (Å²) in [7, 11) is 0.